The van der Waals surface area contributed by atoms with E-state index in [1.807, 2.05) is 12.1 Å². The Bertz CT molecular complexity index is 1210. The van der Waals surface area contributed by atoms with E-state index in [9.17, 15) is 18.4 Å². The lowest BCUT2D eigenvalue weighted by molar-refractivity contribution is 0.0434. The Morgan fingerprint density at radius 1 is 1.03 bits per heavy atom. The lowest BCUT2D eigenvalue weighted by atomic mass is 10.0. The average molecular weight is 484 g/mol. The van der Waals surface area contributed by atoms with Crippen molar-refractivity contribution in [3.8, 4) is 0 Å². The SMILES string of the molecule is NC(=O)N(C(=O)c1c(F)cccc1F)c1ccc(C(ON=Cc2ccc(Cl)cc2)C2CC2)cc1. The highest BCUT2D eigenvalue weighted by Crippen LogP contribution is 2.43. The van der Waals surface area contributed by atoms with Crippen LogP contribution in [0.3, 0.4) is 0 Å². The minimum Gasteiger partial charge on any atom is -0.387 e. The summed E-state index contributed by atoms with van der Waals surface area (Å²) in [5, 5.41) is 4.71. The van der Waals surface area contributed by atoms with E-state index < -0.39 is 29.1 Å². The van der Waals surface area contributed by atoms with E-state index in [0.717, 1.165) is 42.2 Å². The number of primary amides is 1. The number of nitrogens with two attached hydrogens (primary N) is 1. The number of imide groups is 1. The zero-order valence-electron chi connectivity index (χ0n) is 17.8. The van der Waals surface area contributed by atoms with Crippen LogP contribution in [0.5, 0.6) is 0 Å². The van der Waals surface area contributed by atoms with Crippen LogP contribution < -0.4 is 10.6 Å². The molecule has 0 spiro atoms. The van der Waals surface area contributed by atoms with Gasteiger partial charge in [-0.25, -0.2) is 18.5 Å². The van der Waals surface area contributed by atoms with Crippen molar-refractivity contribution in [2.75, 3.05) is 4.90 Å². The summed E-state index contributed by atoms with van der Waals surface area (Å²) in [4.78, 5) is 31.0. The molecule has 0 heterocycles. The Balaban J connectivity index is 1.54. The third kappa shape index (κ3) is 5.23. The van der Waals surface area contributed by atoms with Gasteiger partial charge in [-0.1, -0.05) is 47.1 Å². The zero-order chi connectivity index (χ0) is 24.2. The molecule has 1 fully saturated rings. The molecule has 4 rings (SSSR count). The van der Waals surface area contributed by atoms with Gasteiger partial charge in [-0.15, -0.1) is 0 Å². The van der Waals surface area contributed by atoms with Crippen LogP contribution >= 0.6 is 11.6 Å². The van der Waals surface area contributed by atoms with Crippen LogP contribution in [0.25, 0.3) is 0 Å². The quantitative estimate of drug-likeness (QED) is 0.338. The van der Waals surface area contributed by atoms with Gasteiger partial charge in [-0.2, -0.15) is 0 Å². The second kappa shape index (κ2) is 10.0. The number of nitrogens with zero attached hydrogens (tertiary/aromatic N) is 2. The molecule has 2 N–H and O–H groups in total. The predicted molar refractivity (Wildman–Crippen MR) is 125 cm³/mol. The van der Waals surface area contributed by atoms with E-state index in [4.69, 9.17) is 22.2 Å². The Kier molecular flexibility index (Phi) is 6.88. The highest BCUT2D eigenvalue weighted by molar-refractivity contribution is 6.30. The molecule has 0 aromatic heterocycles. The van der Waals surface area contributed by atoms with Crippen molar-refractivity contribution in [2.45, 2.75) is 18.9 Å². The van der Waals surface area contributed by atoms with Crippen LogP contribution in [0.2, 0.25) is 5.02 Å². The third-order valence-corrected chi connectivity index (χ3v) is 5.63. The summed E-state index contributed by atoms with van der Waals surface area (Å²) in [6, 6.07) is 15.2. The molecule has 1 saturated carbocycles. The second-order valence-corrected chi connectivity index (χ2v) is 8.25. The fraction of sp³-hybridized carbons (Fsp3) is 0.160. The van der Waals surface area contributed by atoms with Crippen LogP contribution in [-0.2, 0) is 4.84 Å². The molecular weight excluding hydrogens is 464 g/mol. The Labute approximate surface area is 199 Å². The van der Waals surface area contributed by atoms with Gasteiger partial charge in [0.25, 0.3) is 5.91 Å². The maximum absolute atomic E-state index is 14.1. The molecule has 34 heavy (non-hydrogen) atoms. The fourth-order valence-electron chi connectivity index (χ4n) is 3.50. The number of oxime groups is 1. The van der Waals surface area contributed by atoms with Gasteiger partial charge in [0.05, 0.1) is 11.9 Å². The molecule has 1 unspecified atom stereocenters. The van der Waals surface area contributed by atoms with Crippen LogP contribution in [0.1, 0.15) is 40.4 Å². The molecular formula is C25H20ClF2N3O3. The van der Waals surface area contributed by atoms with Crippen LogP contribution in [0.15, 0.2) is 71.9 Å². The minimum absolute atomic E-state index is 0.0723. The van der Waals surface area contributed by atoms with Crippen molar-refractivity contribution in [3.05, 3.63) is 100 Å². The number of hydrogen-bond acceptors (Lipinski definition) is 4. The summed E-state index contributed by atoms with van der Waals surface area (Å²) in [7, 11) is 0. The lowest BCUT2D eigenvalue weighted by Gasteiger charge is -2.20. The summed E-state index contributed by atoms with van der Waals surface area (Å²) >= 11 is 5.88. The summed E-state index contributed by atoms with van der Waals surface area (Å²) in [6.45, 7) is 0. The van der Waals surface area contributed by atoms with E-state index >= 15 is 0 Å². The summed E-state index contributed by atoms with van der Waals surface area (Å²) in [6.07, 6.45) is 3.19. The summed E-state index contributed by atoms with van der Waals surface area (Å²) in [5.74, 6) is -3.10. The van der Waals surface area contributed by atoms with E-state index in [1.54, 1.807) is 30.5 Å². The van der Waals surface area contributed by atoms with Crippen molar-refractivity contribution in [3.63, 3.8) is 0 Å². The van der Waals surface area contributed by atoms with Gasteiger partial charge >= 0.3 is 6.03 Å². The second-order valence-electron chi connectivity index (χ2n) is 7.82. The molecule has 1 aliphatic rings. The topological polar surface area (TPSA) is 85.0 Å². The Morgan fingerprint density at radius 3 is 2.21 bits per heavy atom. The molecule has 3 aromatic carbocycles. The molecule has 1 aliphatic carbocycles. The molecule has 0 radical (unpaired) electrons. The molecule has 3 aromatic rings. The number of urea groups is 1. The van der Waals surface area contributed by atoms with Crippen molar-refractivity contribution in [2.24, 2.45) is 16.8 Å². The van der Waals surface area contributed by atoms with E-state index in [0.29, 0.717) is 9.92 Å². The number of carbonyl (C=O) groups is 2. The fourth-order valence-corrected chi connectivity index (χ4v) is 3.62. The maximum atomic E-state index is 14.1. The van der Waals surface area contributed by atoms with Crippen molar-refractivity contribution in [1.82, 2.24) is 0 Å². The average Bonchev–Trinajstić information content (AvgIpc) is 3.64. The van der Waals surface area contributed by atoms with Gasteiger partial charge in [-0.3, -0.25) is 4.79 Å². The largest absolute Gasteiger partial charge is 0.387 e. The number of benzene rings is 3. The van der Waals surface area contributed by atoms with Gasteiger partial charge in [0.1, 0.15) is 17.2 Å². The van der Waals surface area contributed by atoms with Gasteiger partial charge in [0.15, 0.2) is 6.10 Å². The smallest absolute Gasteiger partial charge is 0.326 e. The van der Waals surface area contributed by atoms with Crippen molar-refractivity contribution in [1.29, 1.82) is 0 Å². The molecule has 0 aliphatic heterocycles. The molecule has 1 atom stereocenters. The van der Waals surface area contributed by atoms with Crippen molar-refractivity contribution >= 4 is 35.4 Å². The number of carbonyl (C=O) groups excluding carboxylic acids is 2. The normalized spacial score (nSPS) is 14.1. The number of hydrogen-bond donors (Lipinski definition) is 1. The lowest BCUT2D eigenvalue weighted by Crippen LogP contribution is -2.41. The third-order valence-electron chi connectivity index (χ3n) is 5.38. The highest BCUT2D eigenvalue weighted by atomic mass is 35.5. The number of rotatable bonds is 7. The number of anilines is 1. The minimum atomic E-state index is -1.20. The first-order chi connectivity index (χ1) is 16.3. The molecule has 3 amide bonds. The van der Waals surface area contributed by atoms with E-state index in [2.05, 4.69) is 5.16 Å². The molecule has 174 valence electrons. The van der Waals surface area contributed by atoms with Crippen molar-refractivity contribution < 1.29 is 23.2 Å². The monoisotopic (exact) mass is 483 g/mol. The van der Waals surface area contributed by atoms with Crippen LogP contribution in [0.4, 0.5) is 19.3 Å². The molecule has 6 nitrogen and oxygen atoms in total. The summed E-state index contributed by atoms with van der Waals surface area (Å²) in [5.41, 5.74) is 6.17. The van der Waals surface area contributed by atoms with Crippen LogP contribution in [0, 0.1) is 17.6 Å². The first kappa shape index (κ1) is 23.4. The zero-order valence-corrected chi connectivity index (χ0v) is 18.6. The first-order valence-electron chi connectivity index (χ1n) is 10.5. The summed E-state index contributed by atoms with van der Waals surface area (Å²) < 4.78 is 28.2. The highest BCUT2D eigenvalue weighted by Gasteiger charge is 2.35. The van der Waals surface area contributed by atoms with E-state index in [-0.39, 0.29) is 17.7 Å². The molecule has 0 saturated heterocycles. The molecule has 9 heteroatoms. The number of halogens is 3. The Morgan fingerprint density at radius 2 is 1.65 bits per heavy atom. The number of amides is 3. The van der Waals surface area contributed by atoms with Gasteiger partial charge in [0, 0.05) is 10.9 Å². The van der Waals surface area contributed by atoms with Gasteiger partial charge in [-0.05, 0) is 60.4 Å². The van der Waals surface area contributed by atoms with Gasteiger partial charge in [0.2, 0.25) is 0 Å². The molecule has 0 bridgehead atoms. The van der Waals surface area contributed by atoms with Gasteiger partial charge < -0.3 is 10.6 Å². The van der Waals surface area contributed by atoms with E-state index in [1.165, 1.54) is 12.1 Å². The standard InChI is InChI=1S/C25H20ClF2N3O3/c26-18-10-4-15(5-11-18)14-30-34-23(16-6-7-16)17-8-12-19(13-9-17)31(25(29)33)24(32)22-20(27)2-1-3-21(22)28/h1-5,8-14,16,23H,6-7H2,(H2,29,33). The predicted octanol–water partition coefficient (Wildman–Crippen LogP) is 5.85. The Hall–Kier alpha value is -3.78. The maximum Gasteiger partial charge on any atom is 0.326 e. The first-order valence-corrected chi connectivity index (χ1v) is 10.9. The van der Waals surface area contributed by atoms with Crippen LogP contribution in [-0.4, -0.2) is 18.2 Å².